The van der Waals surface area contributed by atoms with Crippen LogP contribution in [0.1, 0.15) is 0 Å². The molecule has 0 unspecified atom stereocenters. The molecule has 1 amide bonds. The van der Waals surface area contributed by atoms with E-state index in [0.717, 1.165) is 0 Å². The zero-order chi connectivity index (χ0) is 6.69. The van der Waals surface area contributed by atoms with E-state index >= 15 is 0 Å². The van der Waals surface area contributed by atoms with Crippen molar-refractivity contribution in [2.24, 2.45) is 0 Å². The third kappa shape index (κ3) is 1.73. The first kappa shape index (κ1) is 6.10. The maximum atomic E-state index is 10.1. The SMILES string of the molecule is O=C(Cl)Nn1ccnc1. The Kier molecular flexibility index (Phi) is 1.69. The fourth-order valence-electron chi connectivity index (χ4n) is 0.427. The molecular formula is C4H4ClN3O. The van der Waals surface area contributed by atoms with Crippen LogP contribution in [0.25, 0.3) is 0 Å². The van der Waals surface area contributed by atoms with Crippen LogP contribution in [-0.4, -0.2) is 15.0 Å². The molecule has 1 N–H and O–H groups in total. The van der Waals surface area contributed by atoms with Gasteiger partial charge in [0, 0.05) is 12.4 Å². The highest BCUT2D eigenvalue weighted by Crippen LogP contribution is 1.83. The summed E-state index contributed by atoms with van der Waals surface area (Å²) >= 11 is 4.97. The molecule has 0 radical (unpaired) electrons. The van der Waals surface area contributed by atoms with Crippen molar-refractivity contribution in [2.75, 3.05) is 5.43 Å². The van der Waals surface area contributed by atoms with Crippen LogP contribution in [-0.2, 0) is 0 Å². The topological polar surface area (TPSA) is 46.9 Å². The van der Waals surface area contributed by atoms with Gasteiger partial charge in [-0.2, -0.15) is 0 Å². The fourth-order valence-corrected chi connectivity index (χ4v) is 0.524. The highest BCUT2D eigenvalue weighted by atomic mass is 35.5. The Balaban J connectivity index is 2.58. The molecule has 0 saturated heterocycles. The van der Waals surface area contributed by atoms with Crippen molar-refractivity contribution in [1.82, 2.24) is 9.66 Å². The number of amides is 1. The molecule has 48 valence electrons. The number of carbonyl (C=O) groups excluding carboxylic acids is 1. The molecule has 9 heavy (non-hydrogen) atoms. The lowest BCUT2D eigenvalue weighted by Crippen LogP contribution is -2.14. The van der Waals surface area contributed by atoms with Crippen molar-refractivity contribution in [2.45, 2.75) is 0 Å². The Morgan fingerprint density at radius 1 is 1.78 bits per heavy atom. The Labute approximate surface area is 56.4 Å². The van der Waals surface area contributed by atoms with Gasteiger partial charge in [0.15, 0.2) is 0 Å². The zero-order valence-electron chi connectivity index (χ0n) is 4.41. The van der Waals surface area contributed by atoms with Gasteiger partial charge in [-0.15, -0.1) is 0 Å². The Morgan fingerprint density at radius 2 is 2.56 bits per heavy atom. The largest absolute Gasteiger partial charge is 0.332 e. The lowest BCUT2D eigenvalue weighted by molar-refractivity contribution is 0.266. The number of nitrogens with one attached hydrogen (secondary N) is 1. The second-order valence-corrected chi connectivity index (χ2v) is 1.70. The number of hydrogen-bond donors (Lipinski definition) is 1. The van der Waals surface area contributed by atoms with E-state index in [1.54, 1.807) is 6.20 Å². The highest BCUT2D eigenvalue weighted by Gasteiger charge is 1.91. The molecule has 0 aromatic carbocycles. The van der Waals surface area contributed by atoms with Crippen molar-refractivity contribution in [3.8, 4) is 0 Å². The van der Waals surface area contributed by atoms with Crippen LogP contribution in [0, 0.1) is 0 Å². The minimum Gasteiger partial charge on any atom is -0.254 e. The van der Waals surface area contributed by atoms with Crippen LogP contribution >= 0.6 is 11.6 Å². The summed E-state index contributed by atoms with van der Waals surface area (Å²) < 4.78 is 1.36. The van der Waals surface area contributed by atoms with Gasteiger partial charge >= 0.3 is 5.37 Å². The number of aromatic nitrogens is 2. The molecule has 1 heterocycles. The van der Waals surface area contributed by atoms with Gasteiger partial charge in [-0.3, -0.25) is 4.79 Å². The van der Waals surface area contributed by atoms with Gasteiger partial charge in [0.25, 0.3) is 0 Å². The van der Waals surface area contributed by atoms with E-state index < -0.39 is 5.37 Å². The highest BCUT2D eigenvalue weighted by molar-refractivity contribution is 6.65. The van der Waals surface area contributed by atoms with Gasteiger partial charge in [-0.25, -0.2) is 15.1 Å². The minimum atomic E-state index is -0.631. The molecule has 0 aliphatic rings. The molecule has 0 saturated carbocycles. The summed E-state index contributed by atoms with van der Waals surface area (Å²) in [6.07, 6.45) is 4.54. The monoisotopic (exact) mass is 145 g/mol. The molecule has 0 aliphatic heterocycles. The second-order valence-electron chi connectivity index (χ2n) is 1.36. The Morgan fingerprint density at radius 3 is 3.00 bits per heavy atom. The molecule has 4 nitrogen and oxygen atoms in total. The zero-order valence-corrected chi connectivity index (χ0v) is 5.17. The molecule has 1 rings (SSSR count). The van der Waals surface area contributed by atoms with E-state index in [-0.39, 0.29) is 0 Å². The van der Waals surface area contributed by atoms with E-state index in [1.165, 1.54) is 17.2 Å². The van der Waals surface area contributed by atoms with E-state index in [2.05, 4.69) is 10.4 Å². The van der Waals surface area contributed by atoms with Crippen molar-refractivity contribution in [1.29, 1.82) is 0 Å². The number of nitrogens with zero attached hydrogens (tertiary/aromatic N) is 2. The van der Waals surface area contributed by atoms with Gasteiger partial charge in [0.2, 0.25) is 0 Å². The third-order valence-electron chi connectivity index (χ3n) is 0.721. The number of imidazole rings is 1. The van der Waals surface area contributed by atoms with Gasteiger partial charge in [-0.05, 0) is 11.6 Å². The molecular weight excluding hydrogens is 142 g/mol. The average molecular weight is 146 g/mol. The second kappa shape index (κ2) is 2.50. The summed E-state index contributed by atoms with van der Waals surface area (Å²) in [6, 6.07) is 0. The van der Waals surface area contributed by atoms with Gasteiger partial charge < -0.3 is 0 Å². The fraction of sp³-hybridized carbons (Fsp3) is 0. The number of hydrogen-bond acceptors (Lipinski definition) is 2. The molecule has 1 aromatic rings. The van der Waals surface area contributed by atoms with Crippen LogP contribution in [0.4, 0.5) is 4.79 Å². The lowest BCUT2D eigenvalue weighted by Gasteiger charge is -1.96. The normalized spacial score (nSPS) is 9.00. The Bertz CT molecular complexity index is 196. The van der Waals surface area contributed by atoms with Crippen molar-refractivity contribution in [3.05, 3.63) is 18.7 Å². The van der Waals surface area contributed by atoms with Crippen LogP contribution in [0.2, 0.25) is 0 Å². The predicted molar refractivity (Wildman–Crippen MR) is 32.8 cm³/mol. The first-order valence-corrected chi connectivity index (χ1v) is 2.61. The molecule has 0 spiro atoms. The summed E-state index contributed by atoms with van der Waals surface area (Å²) in [4.78, 5) is 13.8. The van der Waals surface area contributed by atoms with E-state index in [4.69, 9.17) is 11.6 Å². The average Bonchev–Trinajstić information content (AvgIpc) is 2.15. The van der Waals surface area contributed by atoms with Crippen molar-refractivity contribution >= 4 is 17.0 Å². The number of carbonyl (C=O) groups is 1. The Hall–Kier alpha value is -1.03. The molecule has 0 fully saturated rings. The third-order valence-corrected chi connectivity index (χ3v) is 0.806. The summed E-state index contributed by atoms with van der Waals surface area (Å²) in [6.45, 7) is 0. The summed E-state index contributed by atoms with van der Waals surface area (Å²) in [7, 11) is 0. The molecule has 0 aliphatic carbocycles. The molecule has 0 atom stereocenters. The predicted octanol–water partition coefficient (Wildman–Crippen LogP) is 0.785. The summed E-state index contributed by atoms with van der Waals surface area (Å²) in [5.74, 6) is 0. The quantitative estimate of drug-likeness (QED) is 0.469. The van der Waals surface area contributed by atoms with E-state index in [9.17, 15) is 4.79 Å². The van der Waals surface area contributed by atoms with Crippen LogP contribution in [0.5, 0.6) is 0 Å². The maximum absolute atomic E-state index is 10.1. The number of halogens is 1. The first-order valence-electron chi connectivity index (χ1n) is 2.23. The van der Waals surface area contributed by atoms with Crippen LogP contribution in [0.3, 0.4) is 0 Å². The van der Waals surface area contributed by atoms with Gasteiger partial charge in [0.05, 0.1) is 0 Å². The smallest absolute Gasteiger partial charge is 0.254 e. The van der Waals surface area contributed by atoms with E-state index in [1.807, 2.05) is 0 Å². The maximum Gasteiger partial charge on any atom is 0.332 e. The van der Waals surface area contributed by atoms with Crippen molar-refractivity contribution in [3.63, 3.8) is 0 Å². The molecule has 5 heteroatoms. The lowest BCUT2D eigenvalue weighted by atomic mass is 11.0. The van der Waals surface area contributed by atoms with E-state index in [0.29, 0.717) is 0 Å². The molecule has 0 bridgehead atoms. The number of rotatable bonds is 1. The van der Waals surface area contributed by atoms with Crippen molar-refractivity contribution < 1.29 is 4.79 Å². The van der Waals surface area contributed by atoms with Crippen LogP contribution < -0.4 is 5.43 Å². The van der Waals surface area contributed by atoms with Gasteiger partial charge in [-0.1, -0.05) is 0 Å². The first-order chi connectivity index (χ1) is 4.29. The minimum absolute atomic E-state index is 0.631. The van der Waals surface area contributed by atoms with Crippen LogP contribution in [0.15, 0.2) is 18.7 Å². The standard InChI is InChI=1S/C4H4ClN3O/c5-4(9)7-8-2-1-6-3-8/h1-3H,(H,7,9). The summed E-state index contributed by atoms with van der Waals surface area (Å²) in [5, 5.41) is -0.631. The van der Waals surface area contributed by atoms with Gasteiger partial charge in [0.1, 0.15) is 6.33 Å². The molecule has 1 aromatic heterocycles. The summed E-state index contributed by atoms with van der Waals surface area (Å²) in [5.41, 5.74) is 2.27.